The monoisotopic (exact) mass is 425 g/mol. The van der Waals surface area contributed by atoms with Crippen molar-refractivity contribution in [1.82, 2.24) is 15.3 Å². The Labute approximate surface area is 177 Å². The fourth-order valence-corrected chi connectivity index (χ4v) is 6.43. The maximum Gasteiger partial charge on any atom is 0.259 e. The van der Waals surface area contributed by atoms with E-state index in [1.165, 1.54) is 33.3 Å². The van der Waals surface area contributed by atoms with Crippen molar-refractivity contribution in [3.63, 3.8) is 0 Å². The number of aromatic amines is 1. The van der Waals surface area contributed by atoms with Gasteiger partial charge in [-0.05, 0) is 55.2 Å². The van der Waals surface area contributed by atoms with Crippen LogP contribution in [0.2, 0.25) is 0 Å². The molecule has 150 valence electrons. The molecule has 2 aromatic heterocycles. The van der Waals surface area contributed by atoms with Gasteiger partial charge in [-0.3, -0.25) is 9.59 Å². The van der Waals surface area contributed by atoms with Crippen LogP contribution in [0.5, 0.6) is 0 Å². The van der Waals surface area contributed by atoms with Crippen LogP contribution in [0.15, 0.2) is 29.1 Å². The molecule has 2 heterocycles. The number of nitrogens with one attached hydrogen (secondary N) is 2. The number of hydrogen-bond acceptors (Lipinski definition) is 5. The molecule has 2 N–H and O–H groups in total. The Morgan fingerprint density at radius 3 is 3.00 bits per heavy atom. The molecule has 2 aliphatic carbocycles. The zero-order chi connectivity index (χ0) is 19.8. The molecular formula is C22H23N3O2S2. The van der Waals surface area contributed by atoms with Gasteiger partial charge in [0.25, 0.3) is 5.56 Å². The van der Waals surface area contributed by atoms with E-state index in [1.54, 1.807) is 11.3 Å². The second-order valence-corrected chi connectivity index (χ2v) is 9.89. The molecule has 3 aromatic rings. The first kappa shape index (κ1) is 18.9. The van der Waals surface area contributed by atoms with Gasteiger partial charge in [0.1, 0.15) is 10.7 Å². The molecule has 5 nitrogen and oxygen atoms in total. The van der Waals surface area contributed by atoms with Crippen LogP contribution in [-0.2, 0) is 36.2 Å². The van der Waals surface area contributed by atoms with Gasteiger partial charge in [0.2, 0.25) is 5.91 Å². The number of thiophene rings is 1. The summed E-state index contributed by atoms with van der Waals surface area (Å²) >= 11 is 3.15. The minimum Gasteiger partial charge on any atom is -0.352 e. The highest BCUT2D eigenvalue weighted by molar-refractivity contribution is 7.99. The summed E-state index contributed by atoms with van der Waals surface area (Å²) in [6, 6.07) is 8.68. The zero-order valence-electron chi connectivity index (χ0n) is 16.1. The van der Waals surface area contributed by atoms with Crippen LogP contribution in [0.25, 0.3) is 10.2 Å². The predicted octanol–water partition coefficient (Wildman–Crippen LogP) is 3.38. The third-order valence-corrected chi connectivity index (χ3v) is 7.94. The fourth-order valence-electron chi connectivity index (χ4n) is 4.45. The van der Waals surface area contributed by atoms with Crippen molar-refractivity contribution < 1.29 is 4.79 Å². The summed E-state index contributed by atoms with van der Waals surface area (Å²) in [5, 5.41) is 3.95. The van der Waals surface area contributed by atoms with Gasteiger partial charge in [-0.1, -0.05) is 24.3 Å². The first-order chi connectivity index (χ1) is 14.2. The summed E-state index contributed by atoms with van der Waals surface area (Å²) in [7, 11) is 0. The van der Waals surface area contributed by atoms with Crippen LogP contribution in [0.3, 0.4) is 0 Å². The molecule has 0 radical (unpaired) electrons. The quantitative estimate of drug-likeness (QED) is 0.657. The van der Waals surface area contributed by atoms with Crippen molar-refractivity contribution in [3.8, 4) is 0 Å². The molecule has 1 aromatic carbocycles. The number of carbonyl (C=O) groups excluding carboxylic acids is 1. The summed E-state index contributed by atoms with van der Waals surface area (Å²) in [6.07, 6.45) is 6.09. The second-order valence-electron chi connectivity index (χ2n) is 7.82. The third kappa shape index (κ3) is 3.85. The average Bonchev–Trinajstić information content (AvgIpc) is 3.28. The number of aryl methyl sites for hydroxylation is 3. The SMILES string of the molecule is O=C(CSCc1nc2sc3c(c2c(=O)[nH]1)CCC3)NC1CCc2ccccc2C1. The smallest absolute Gasteiger partial charge is 0.259 e. The summed E-state index contributed by atoms with van der Waals surface area (Å²) in [5.41, 5.74) is 3.91. The lowest BCUT2D eigenvalue weighted by Gasteiger charge is -2.25. The van der Waals surface area contributed by atoms with Gasteiger partial charge < -0.3 is 10.3 Å². The minimum absolute atomic E-state index is 0.0321. The Morgan fingerprint density at radius 1 is 1.24 bits per heavy atom. The summed E-state index contributed by atoms with van der Waals surface area (Å²) in [4.78, 5) is 34.6. The van der Waals surface area contributed by atoms with E-state index in [0.717, 1.165) is 48.7 Å². The molecule has 0 aliphatic heterocycles. The Kier molecular flexibility index (Phi) is 5.18. The van der Waals surface area contributed by atoms with E-state index >= 15 is 0 Å². The summed E-state index contributed by atoms with van der Waals surface area (Å²) in [6.45, 7) is 0. The van der Waals surface area contributed by atoms with Crippen LogP contribution in [0.4, 0.5) is 0 Å². The standard InChI is InChI=1S/C22H23N3O2S2/c26-19(23-15-9-8-13-4-1-2-5-14(13)10-15)12-28-11-18-24-21(27)20-16-6-3-7-17(16)29-22(20)25-18/h1-2,4-5,15H,3,6-12H2,(H,23,26)(H,24,25,27). The van der Waals surface area contributed by atoms with Crippen molar-refractivity contribution in [3.05, 3.63) is 62.0 Å². The number of benzene rings is 1. The molecule has 1 amide bonds. The number of nitrogens with zero attached hydrogens (tertiary/aromatic N) is 1. The predicted molar refractivity (Wildman–Crippen MR) is 119 cm³/mol. The number of H-pyrrole nitrogens is 1. The molecular weight excluding hydrogens is 402 g/mol. The summed E-state index contributed by atoms with van der Waals surface area (Å²) < 4.78 is 0. The third-order valence-electron chi connectivity index (χ3n) is 5.81. The van der Waals surface area contributed by atoms with E-state index in [1.807, 2.05) is 0 Å². The number of fused-ring (bicyclic) bond motifs is 4. The van der Waals surface area contributed by atoms with Crippen LogP contribution < -0.4 is 10.9 Å². The van der Waals surface area contributed by atoms with Gasteiger partial charge >= 0.3 is 0 Å². The van der Waals surface area contributed by atoms with E-state index in [4.69, 9.17) is 0 Å². The van der Waals surface area contributed by atoms with Gasteiger partial charge in [0.15, 0.2) is 0 Å². The minimum atomic E-state index is -0.0321. The van der Waals surface area contributed by atoms with Gasteiger partial charge in [0, 0.05) is 10.9 Å². The highest BCUT2D eigenvalue weighted by Gasteiger charge is 2.22. The first-order valence-corrected chi connectivity index (χ1v) is 12.1. The normalized spacial score (nSPS) is 17.9. The van der Waals surface area contributed by atoms with E-state index < -0.39 is 0 Å². The second kappa shape index (κ2) is 7.95. The van der Waals surface area contributed by atoms with Crippen molar-refractivity contribution >= 4 is 39.2 Å². The van der Waals surface area contributed by atoms with Crippen molar-refractivity contribution in [2.45, 2.75) is 50.3 Å². The van der Waals surface area contributed by atoms with Crippen LogP contribution in [0, 0.1) is 0 Å². The van der Waals surface area contributed by atoms with Crippen molar-refractivity contribution in [2.24, 2.45) is 0 Å². The first-order valence-electron chi connectivity index (χ1n) is 10.1. The molecule has 2 aliphatic rings. The number of rotatable bonds is 5. The van der Waals surface area contributed by atoms with E-state index in [0.29, 0.717) is 17.3 Å². The van der Waals surface area contributed by atoms with Gasteiger partial charge in [0.05, 0.1) is 16.9 Å². The molecule has 5 rings (SSSR count). The molecule has 0 spiro atoms. The van der Waals surface area contributed by atoms with Crippen molar-refractivity contribution in [1.29, 1.82) is 0 Å². The Hall–Kier alpha value is -2.12. The lowest BCUT2D eigenvalue weighted by atomic mass is 9.88. The molecule has 29 heavy (non-hydrogen) atoms. The molecule has 0 saturated heterocycles. The molecule has 7 heteroatoms. The Bertz CT molecular complexity index is 1130. The summed E-state index contributed by atoms with van der Waals surface area (Å²) in [5.74, 6) is 1.62. The number of hydrogen-bond donors (Lipinski definition) is 2. The molecule has 0 fully saturated rings. The number of aromatic nitrogens is 2. The maximum atomic E-state index is 12.5. The lowest BCUT2D eigenvalue weighted by molar-refractivity contribution is -0.119. The highest BCUT2D eigenvalue weighted by Crippen LogP contribution is 2.34. The average molecular weight is 426 g/mol. The number of thioether (sulfide) groups is 1. The van der Waals surface area contributed by atoms with E-state index in [9.17, 15) is 9.59 Å². The van der Waals surface area contributed by atoms with E-state index in [-0.39, 0.29) is 17.5 Å². The largest absolute Gasteiger partial charge is 0.352 e. The van der Waals surface area contributed by atoms with Crippen molar-refractivity contribution in [2.75, 3.05) is 5.75 Å². The van der Waals surface area contributed by atoms with Gasteiger partial charge in [-0.15, -0.1) is 23.1 Å². The lowest BCUT2D eigenvalue weighted by Crippen LogP contribution is -2.39. The zero-order valence-corrected chi connectivity index (χ0v) is 17.8. The molecule has 1 atom stereocenters. The van der Waals surface area contributed by atoms with E-state index in [2.05, 4.69) is 39.6 Å². The van der Waals surface area contributed by atoms with Gasteiger partial charge in [-0.25, -0.2) is 4.98 Å². The Balaban J connectivity index is 1.16. The van der Waals surface area contributed by atoms with Gasteiger partial charge in [-0.2, -0.15) is 0 Å². The van der Waals surface area contributed by atoms with Crippen LogP contribution >= 0.6 is 23.1 Å². The topological polar surface area (TPSA) is 74.8 Å². The van der Waals surface area contributed by atoms with Crippen LogP contribution in [-0.4, -0.2) is 27.7 Å². The number of amides is 1. The maximum absolute atomic E-state index is 12.5. The molecule has 1 unspecified atom stereocenters. The molecule has 0 bridgehead atoms. The molecule has 0 saturated carbocycles. The fraction of sp³-hybridized carbons (Fsp3) is 0.409. The highest BCUT2D eigenvalue weighted by atomic mass is 32.2. The number of carbonyl (C=O) groups is 1. The Morgan fingerprint density at radius 2 is 2.10 bits per heavy atom. The van der Waals surface area contributed by atoms with Crippen LogP contribution in [0.1, 0.15) is 40.2 Å².